The first-order valence-electron chi connectivity index (χ1n) is 5.52. The average molecular weight is 293 g/mol. The molecule has 2 rings (SSSR count). The molecule has 102 valence electrons. The van der Waals surface area contributed by atoms with Crippen LogP contribution in [0.2, 0.25) is 5.02 Å². The van der Waals surface area contributed by atoms with Gasteiger partial charge in [0.15, 0.2) is 0 Å². The first-order chi connectivity index (χ1) is 9.49. The maximum absolute atomic E-state index is 11.2. The molecule has 0 heterocycles. The summed E-state index contributed by atoms with van der Waals surface area (Å²) in [7, 11) is 0. The van der Waals surface area contributed by atoms with Crippen LogP contribution in [0.3, 0.4) is 0 Å². The molecule has 0 aliphatic heterocycles. The Bertz CT molecular complexity index is 638. The standard InChI is InChI=1S/C13H9ClN2O4/c14-8-4-6-9(7-5-8)15-12-10(13(17)18)2-1-3-11(12)16(19)20/h1-7,15H,(H,17,18). The molecule has 0 radical (unpaired) electrons. The maximum Gasteiger partial charge on any atom is 0.338 e. The number of rotatable bonds is 4. The largest absolute Gasteiger partial charge is 0.478 e. The van der Waals surface area contributed by atoms with Crippen molar-refractivity contribution in [2.75, 3.05) is 5.32 Å². The molecule has 0 aliphatic rings. The molecule has 0 bridgehead atoms. The van der Waals surface area contributed by atoms with E-state index in [0.29, 0.717) is 10.7 Å². The summed E-state index contributed by atoms with van der Waals surface area (Å²) in [6.07, 6.45) is 0. The summed E-state index contributed by atoms with van der Waals surface area (Å²) in [5.41, 5.74) is -0.0347. The second kappa shape index (κ2) is 5.58. The lowest BCUT2D eigenvalue weighted by atomic mass is 10.1. The molecule has 0 aliphatic carbocycles. The molecule has 0 amide bonds. The van der Waals surface area contributed by atoms with Crippen molar-refractivity contribution in [2.45, 2.75) is 0 Å². The fraction of sp³-hybridized carbons (Fsp3) is 0. The van der Waals surface area contributed by atoms with Crippen molar-refractivity contribution in [3.63, 3.8) is 0 Å². The second-order valence-corrected chi connectivity index (χ2v) is 4.33. The van der Waals surface area contributed by atoms with Gasteiger partial charge in [-0.1, -0.05) is 17.7 Å². The van der Waals surface area contributed by atoms with Gasteiger partial charge >= 0.3 is 5.97 Å². The molecule has 2 N–H and O–H groups in total. The zero-order valence-electron chi connectivity index (χ0n) is 10.0. The molecule has 2 aromatic carbocycles. The Morgan fingerprint density at radius 3 is 2.40 bits per heavy atom. The zero-order valence-corrected chi connectivity index (χ0v) is 10.8. The van der Waals surface area contributed by atoms with Crippen molar-refractivity contribution in [3.8, 4) is 0 Å². The van der Waals surface area contributed by atoms with E-state index in [9.17, 15) is 14.9 Å². The van der Waals surface area contributed by atoms with Gasteiger partial charge in [-0.15, -0.1) is 0 Å². The first-order valence-corrected chi connectivity index (χ1v) is 5.90. The van der Waals surface area contributed by atoms with E-state index in [1.165, 1.54) is 18.2 Å². The minimum absolute atomic E-state index is 0.0627. The Balaban J connectivity index is 2.50. The smallest absolute Gasteiger partial charge is 0.338 e. The summed E-state index contributed by atoms with van der Waals surface area (Å²) in [5.74, 6) is -1.25. The number of aromatic carboxylic acids is 1. The molecule has 0 fully saturated rings. The molecule has 0 spiro atoms. The third kappa shape index (κ3) is 2.86. The average Bonchev–Trinajstić information content (AvgIpc) is 2.41. The predicted molar refractivity (Wildman–Crippen MR) is 74.8 cm³/mol. The number of nitro groups is 1. The fourth-order valence-corrected chi connectivity index (χ4v) is 1.81. The van der Waals surface area contributed by atoms with Crippen molar-refractivity contribution in [1.29, 1.82) is 0 Å². The molecule has 7 heteroatoms. The summed E-state index contributed by atoms with van der Waals surface area (Å²) < 4.78 is 0. The molecule has 0 saturated carbocycles. The van der Waals surface area contributed by atoms with Crippen LogP contribution >= 0.6 is 11.6 Å². The fourth-order valence-electron chi connectivity index (χ4n) is 1.68. The molecular weight excluding hydrogens is 284 g/mol. The molecule has 2 aromatic rings. The highest BCUT2D eigenvalue weighted by Crippen LogP contribution is 2.31. The summed E-state index contributed by atoms with van der Waals surface area (Å²) >= 11 is 5.75. The normalized spacial score (nSPS) is 10.1. The number of carboxylic acid groups (broad SMARTS) is 1. The van der Waals surface area contributed by atoms with Crippen molar-refractivity contribution in [1.82, 2.24) is 0 Å². The van der Waals surface area contributed by atoms with Crippen LogP contribution in [0.1, 0.15) is 10.4 Å². The Morgan fingerprint density at radius 2 is 1.85 bits per heavy atom. The van der Waals surface area contributed by atoms with E-state index >= 15 is 0 Å². The summed E-state index contributed by atoms with van der Waals surface area (Å²) in [5, 5.41) is 23.4. The van der Waals surface area contributed by atoms with Crippen molar-refractivity contribution >= 4 is 34.6 Å². The lowest BCUT2D eigenvalue weighted by molar-refractivity contribution is -0.383. The number of benzene rings is 2. The Kier molecular flexibility index (Phi) is 3.86. The molecule has 0 atom stereocenters. The topological polar surface area (TPSA) is 92.5 Å². The van der Waals surface area contributed by atoms with Gasteiger partial charge in [-0.05, 0) is 30.3 Å². The van der Waals surface area contributed by atoms with Gasteiger partial charge in [-0.2, -0.15) is 0 Å². The van der Waals surface area contributed by atoms with Crippen LogP contribution in [0.25, 0.3) is 0 Å². The van der Waals surface area contributed by atoms with Crippen molar-refractivity contribution < 1.29 is 14.8 Å². The van der Waals surface area contributed by atoms with Gasteiger partial charge in [0, 0.05) is 16.8 Å². The molecule has 0 unspecified atom stereocenters. The molecular formula is C13H9ClN2O4. The van der Waals surface area contributed by atoms with Gasteiger partial charge in [-0.25, -0.2) is 4.79 Å². The first kappa shape index (κ1) is 13.8. The second-order valence-electron chi connectivity index (χ2n) is 3.89. The number of nitrogens with one attached hydrogen (secondary N) is 1. The van der Waals surface area contributed by atoms with E-state index in [1.54, 1.807) is 24.3 Å². The van der Waals surface area contributed by atoms with Crippen LogP contribution in [0.5, 0.6) is 0 Å². The number of anilines is 2. The number of para-hydroxylation sites is 1. The van der Waals surface area contributed by atoms with E-state index in [0.717, 1.165) is 0 Å². The third-order valence-electron chi connectivity index (χ3n) is 2.58. The molecule has 20 heavy (non-hydrogen) atoms. The minimum atomic E-state index is -1.25. The van der Waals surface area contributed by atoms with Crippen LogP contribution in [-0.2, 0) is 0 Å². The highest BCUT2D eigenvalue weighted by molar-refractivity contribution is 6.30. The zero-order chi connectivity index (χ0) is 14.7. The van der Waals surface area contributed by atoms with Crippen LogP contribution in [-0.4, -0.2) is 16.0 Å². The molecule has 0 aromatic heterocycles. The number of carbonyl (C=O) groups is 1. The number of halogens is 1. The van der Waals surface area contributed by atoms with E-state index < -0.39 is 10.9 Å². The SMILES string of the molecule is O=C(O)c1cccc([N+](=O)[O-])c1Nc1ccc(Cl)cc1. The number of carboxylic acids is 1. The van der Waals surface area contributed by atoms with Crippen LogP contribution in [0.4, 0.5) is 17.1 Å². The summed E-state index contributed by atoms with van der Waals surface area (Å²) in [6.45, 7) is 0. The van der Waals surface area contributed by atoms with Gasteiger partial charge in [0.1, 0.15) is 5.69 Å². The number of nitro benzene ring substituents is 1. The summed E-state index contributed by atoms with van der Waals surface area (Å²) in [6, 6.07) is 10.3. The van der Waals surface area contributed by atoms with E-state index in [1.807, 2.05) is 0 Å². The maximum atomic E-state index is 11.2. The van der Waals surface area contributed by atoms with Gasteiger partial charge in [0.25, 0.3) is 5.69 Å². The van der Waals surface area contributed by atoms with E-state index in [-0.39, 0.29) is 16.9 Å². The number of hydrogen-bond acceptors (Lipinski definition) is 4. The third-order valence-corrected chi connectivity index (χ3v) is 2.84. The van der Waals surface area contributed by atoms with Gasteiger partial charge in [0.2, 0.25) is 0 Å². The lowest BCUT2D eigenvalue weighted by Gasteiger charge is -2.10. The van der Waals surface area contributed by atoms with E-state index in [4.69, 9.17) is 16.7 Å². The van der Waals surface area contributed by atoms with Crippen LogP contribution in [0.15, 0.2) is 42.5 Å². The number of hydrogen-bond donors (Lipinski definition) is 2. The van der Waals surface area contributed by atoms with E-state index in [2.05, 4.69) is 5.32 Å². The van der Waals surface area contributed by atoms with Crippen molar-refractivity contribution in [3.05, 3.63) is 63.2 Å². The molecule has 6 nitrogen and oxygen atoms in total. The highest BCUT2D eigenvalue weighted by atomic mass is 35.5. The van der Waals surface area contributed by atoms with Gasteiger partial charge < -0.3 is 10.4 Å². The summed E-state index contributed by atoms with van der Waals surface area (Å²) in [4.78, 5) is 21.5. The quantitative estimate of drug-likeness (QED) is 0.662. The molecule has 0 saturated heterocycles. The lowest BCUT2D eigenvalue weighted by Crippen LogP contribution is -2.05. The number of nitrogens with zero attached hydrogens (tertiary/aromatic N) is 1. The monoisotopic (exact) mass is 292 g/mol. The van der Waals surface area contributed by atoms with Gasteiger partial charge in [-0.3, -0.25) is 10.1 Å². The van der Waals surface area contributed by atoms with Crippen molar-refractivity contribution in [2.24, 2.45) is 0 Å². The van der Waals surface area contributed by atoms with Crippen LogP contribution < -0.4 is 5.32 Å². The van der Waals surface area contributed by atoms with Crippen LogP contribution in [0, 0.1) is 10.1 Å². The Morgan fingerprint density at radius 1 is 1.20 bits per heavy atom. The minimum Gasteiger partial charge on any atom is -0.478 e. The Hall–Kier alpha value is -2.60. The predicted octanol–water partition coefficient (Wildman–Crippen LogP) is 3.69. The van der Waals surface area contributed by atoms with Gasteiger partial charge in [0.05, 0.1) is 10.5 Å². The highest BCUT2D eigenvalue weighted by Gasteiger charge is 2.21. The Labute approximate surface area is 118 Å².